The summed E-state index contributed by atoms with van der Waals surface area (Å²) in [5.41, 5.74) is 1.35. The number of rotatable bonds is 8. The first-order chi connectivity index (χ1) is 7.38. The second-order valence-electron chi connectivity index (χ2n) is 4.13. The Labute approximate surface area is 95.0 Å². The van der Waals surface area contributed by atoms with E-state index in [2.05, 4.69) is 23.8 Å². The lowest BCUT2D eigenvalue weighted by Crippen LogP contribution is -1.92. The molecule has 0 unspecified atom stereocenters. The summed E-state index contributed by atoms with van der Waals surface area (Å²) in [6, 6.07) is 0. The first kappa shape index (κ1) is 12.7. The Kier molecular flexibility index (Phi) is 6.67. The largest absolute Gasteiger partial charge is 0.260 e. The maximum absolute atomic E-state index is 4.38. The van der Waals surface area contributed by atoms with E-state index in [1.165, 1.54) is 65.4 Å². The second-order valence-corrected chi connectivity index (χ2v) is 5.09. The third-order valence-corrected chi connectivity index (χ3v) is 3.69. The number of hydrogen-bond donors (Lipinski definition) is 1. The molecule has 1 rings (SSSR count). The predicted molar refractivity (Wildman–Crippen MR) is 67.6 cm³/mol. The number of aromatic amines is 1. The van der Waals surface area contributed by atoms with Gasteiger partial charge in [0.2, 0.25) is 0 Å². The van der Waals surface area contributed by atoms with Crippen LogP contribution in [0.1, 0.15) is 63.4 Å². The predicted octanol–water partition coefficient (Wildman–Crippen LogP) is 4.46. The van der Waals surface area contributed by atoms with E-state index in [-0.39, 0.29) is 0 Å². The highest BCUT2D eigenvalue weighted by molar-refractivity contribution is 7.26. The molecule has 3 heteroatoms. The van der Waals surface area contributed by atoms with Gasteiger partial charge < -0.3 is 0 Å². The van der Waals surface area contributed by atoms with Gasteiger partial charge in [-0.25, -0.2) is 0 Å². The fraction of sp³-hybridized carbons (Fsp3) is 0.833. The molecular weight excluding hydrogens is 203 g/mol. The van der Waals surface area contributed by atoms with Crippen LogP contribution < -0.4 is 0 Å². The Bertz CT molecular complexity index is 233. The van der Waals surface area contributed by atoms with Gasteiger partial charge in [0.15, 0.2) is 0 Å². The summed E-state index contributed by atoms with van der Waals surface area (Å²) in [5, 5.41) is 5.93. The lowest BCUT2D eigenvalue weighted by molar-refractivity contribution is 0.688. The zero-order valence-electron chi connectivity index (χ0n) is 10.1. The highest BCUT2D eigenvalue weighted by atomic mass is 31.0. The molecule has 1 aromatic heterocycles. The quantitative estimate of drug-likeness (QED) is 0.651. The number of aromatic nitrogens is 2. The van der Waals surface area contributed by atoms with Gasteiger partial charge in [0.25, 0.3) is 0 Å². The third kappa shape index (κ3) is 4.79. The standard InChI is InChI=1S/C12H23N2P/c1-3-5-7-9-11-12(15-14-13-11)10-8-6-4-2/h3-10H2,1-2H3,(H,13,14). The van der Waals surface area contributed by atoms with Crippen LogP contribution in [0.5, 0.6) is 0 Å². The van der Waals surface area contributed by atoms with Crippen LogP contribution in [0, 0.1) is 0 Å². The van der Waals surface area contributed by atoms with Crippen LogP contribution in [0.3, 0.4) is 0 Å². The Balaban J connectivity index is 2.32. The zero-order valence-corrected chi connectivity index (χ0v) is 10.9. The number of unbranched alkanes of at least 4 members (excludes halogenated alkanes) is 4. The number of hydrogen-bond acceptors (Lipinski definition) is 1. The van der Waals surface area contributed by atoms with E-state index in [9.17, 15) is 0 Å². The van der Waals surface area contributed by atoms with Crippen molar-refractivity contribution in [2.45, 2.75) is 65.2 Å². The zero-order chi connectivity index (χ0) is 10.9. The fourth-order valence-corrected chi connectivity index (χ4v) is 2.61. The smallest absolute Gasteiger partial charge is 0.0702 e. The van der Waals surface area contributed by atoms with Gasteiger partial charge >= 0.3 is 0 Å². The maximum atomic E-state index is 4.38. The average Bonchev–Trinajstić information content (AvgIpc) is 2.67. The second kappa shape index (κ2) is 7.87. The Morgan fingerprint density at radius 2 is 1.67 bits per heavy atom. The van der Waals surface area contributed by atoms with Crippen LogP contribution in [-0.4, -0.2) is 9.96 Å². The van der Waals surface area contributed by atoms with E-state index in [0.717, 1.165) is 0 Å². The van der Waals surface area contributed by atoms with Gasteiger partial charge in [-0.05, 0) is 25.7 Å². The molecule has 0 aliphatic rings. The van der Waals surface area contributed by atoms with Crippen LogP contribution in [0.15, 0.2) is 0 Å². The minimum absolute atomic E-state index is 1.18. The first-order valence-corrected chi connectivity index (χ1v) is 7.16. The molecule has 0 aliphatic carbocycles. The monoisotopic (exact) mass is 226 g/mol. The van der Waals surface area contributed by atoms with Crippen LogP contribution in [0.2, 0.25) is 0 Å². The fourth-order valence-electron chi connectivity index (χ4n) is 1.76. The molecule has 0 atom stereocenters. The summed E-state index contributed by atoms with van der Waals surface area (Å²) in [7, 11) is 1.24. The van der Waals surface area contributed by atoms with Crippen LogP contribution >= 0.6 is 8.35 Å². The van der Waals surface area contributed by atoms with Crippen LogP contribution in [-0.2, 0) is 12.8 Å². The molecule has 0 spiro atoms. The van der Waals surface area contributed by atoms with E-state index < -0.39 is 0 Å². The summed E-state index contributed by atoms with van der Waals surface area (Å²) in [4.78, 5) is 3.10. The third-order valence-electron chi connectivity index (χ3n) is 2.74. The van der Waals surface area contributed by atoms with Crippen molar-refractivity contribution in [2.75, 3.05) is 0 Å². The highest BCUT2D eigenvalue weighted by Crippen LogP contribution is 2.20. The molecule has 0 aromatic carbocycles. The SMILES string of the molecule is CCCCCc1n[nH]pc1CCCCC. The highest BCUT2D eigenvalue weighted by Gasteiger charge is 2.05. The Morgan fingerprint density at radius 3 is 2.33 bits per heavy atom. The Hall–Kier alpha value is -0.360. The number of nitrogens with zero attached hydrogens (tertiary/aromatic N) is 1. The van der Waals surface area contributed by atoms with Gasteiger partial charge in [-0.1, -0.05) is 39.5 Å². The molecule has 2 nitrogen and oxygen atoms in total. The first-order valence-electron chi connectivity index (χ1n) is 6.27. The summed E-state index contributed by atoms with van der Waals surface area (Å²) >= 11 is 0. The van der Waals surface area contributed by atoms with Crippen molar-refractivity contribution in [3.8, 4) is 0 Å². The van der Waals surface area contributed by atoms with Crippen molar-refractivity contribution >= 4 is 8.35 Å². The van der Waals surface area contributed by atoms with Gasteiger partial charge in [0, 0.05) is 13.6 Å². The van der Waals surface area contributed by atoms with Crippen molar-refractivity contribution in [2.24, 2.45) is 0 Å². The summed E-state index contributed by atoms with van der Waals surface area (Å²) in [5.74, 6) is 0. The molecule has 0 amide bonds. The molecular formula is C12H23N2P. The molecule has 15 heavy (non-hydrogen) atoms. The van der Waals surface area contributed by atoms with Crippen molar-refractivity contribution < 1.29 is 0 Å². The van der Waals surface area contributed by atoms with Crippen LogP contribution in [0.25, 0.3) is 0 Å². The van der Waals surface area contributed by atoms with E-state index >= 15 is 0 Å². The molecule has 0 saturated carbocycles. The van der Waals surface area contributed by atoms with Gasteiger partial charge in [-0.3, -0.25) is 4.86 Å². The number of H-pyrrole nitrogens is 1. The van der Waals surface area contributed by atoms with Crippen molar-refractivity contribution in [1.82, 2.24) is 9.96 Å². The molecule has 1 N–H and O–H groups in total. The summed E-state index contributed by atoms with van der Waals surface area (Å²) in [6.45, 7) is 4.50. The molecule has 0 radical (unpaired) electrons. The van der Waals surface area contributed by atoms with Crippen molar-refractivity contribution in [3.63, 3.8) is 0 Å². The number of nitrogens with one attached hydrogen (secondary N) is 1. The molecule has 0 aliphatic heterocycles. The minimum atomic E-state index is 1.18. The molecule has 86 valence electrons. The summed E-state index contributed by atoms with van der Waals surface area (Å²) in [6.07, 6.45) is 10.3. The van der Waals surface area contributed by atoms with Gasteiger partial charge in [-0.2, -0.15) is 5.10 Å². The molecule has 0 fully saturated rings. The van der Waals surface area contributed by atoms with E-state index in [4.69, 9.17) is 0 Å². The molecule has 1 heterocycles. The molecule has 0 saturated heterocycles. The lowest BCUT2D eigenvalue weighted by atomic mass is 10.1. The summed E-state index contributed by atoms with van der Waals surface area (Å²) < 4.78 is 0. The topological polar surface area (TPSA) is 28.7 Å². The lowest BCUT2D eigenvalue weighted by Gasteiger charge is -2.00. The maximum Gasteiger partial charge on any atom is 0.0702 e. The Morgan fingerprint density at radius 1 is 1.00 bits per heavy atom. The molecule has 1 aromatic rings. The average molecular weight is 226 g/mol. The number of aryl methyl sites for hydroxylation is 2. The van der Waals surface area contributed by atoms with E-state index in [1.54, 1.807) is 5.30 Å². The van der Waals surface area contributed by atoms with E-state index in [1.807, 2.05) is 0 Å². The minimum Gasteiger partial charge on any atom is -0.260 e. The normalized spacial score (nSPS) is 11.3. The van der Waals surface area contributed by atoms with Crippen molar-refractivity contribution in [3.05, 3.63) is 11.0 Å². The van der Waals surface area contributed by atoms with Crippen LogP contribution in [0.4, 0.5) is 0 Å². The van der Waals surface area contributed by atoms with Gasteiger partial charge in [0.05, 0.1) is 5.69 Å². The van der Waals surface area contributed by atoms with Gasteiger partial charge in [0.1, 0.15) is 0 Å². The van der Waals surface area contributed by atoms with Gasteiger partial charge in [-0.15, -0.1) is 0 Å². The molecule has 0 bridgehead atoms. The van der Waals surface area contributed by atoms with E-state index in [0.29, 0.717) is 0 Å². The van der Waals surface area contributed by atoms with Crippen molar-refractivity contribution in [1.29, 1.82) is 0 Å².